The highest BCUT2D eigenvalue weighted by Gasteiger charge is 2.14. The van der Waals surface area contributed by atoms with Crippen molar-refractivity contribution in [2.45, 2.75) is 19.9 Å². The molecule has 0 aliphatic carbocycles. The van der Waals surface area contributed by atoms with Gasteiger partial charge >= 0.3 is 0 Å². The van der Waals surface area contributed by atoms with Crippen molar-refractivity contribution in [3.05, 3.63) is 34.9 Å². The molecule has 0 atom stereocenters. The van der Waals surface area contributed by atoms with Gasteiger partial charge in [-0.15, -0.1) is 0 Å². The molecule has 92 valence electrons. The van der Waals surface area contributed by atoms with Crippen molar-refractivity contribution < 1.29 is 4.79 Å². The monoisotopic (exact) mass is 271 g/mol. The minimum absolute atomic E-state index is 0.0104. The van der Waals surface area contributed by atoms with E-state index in [9.17, 15) is 4.79 Å². The van der Waals surface area contributed by atoms with E-state index in [2.05, 4.69) is 5.43 Å². The number of carbonyl (C=O) groups is 1. The molecule has 1 amide bonds. The molecule has 0 aromatic heterocycles. The first-order chi connectivity index (χ1) is 7.91. The molecule has 0 bridgehead atoms. The lowest BCUT2D eigenvalue weighted by Crippen LogP contribution is -2.52. The summed E-state index contributed by atoms with van der Waals surface area (Å²) < 4.78 is 0. The molecule has 0 aliphatic heterocycles. The largest absolute Gasteiger partial charge is 0.375 e. The normalized spacial score (nSPS) is 10.1. The van der Waals surface area contributed by atoms with Crippen molar-refractivity contribution in [3.8, 4) is 0 Å². The van der Waals surface area contributed by atoms with Gasteiger partial charge in [0.05, 0.1) is 0 Å². The van der Waals surface area contributed by atoms with E-state index in [1.807, 2.05) is 13.8 Å². The summed E-state index contributed by atoms with van der Waals surface area (Å²) in [5.74, 6) is -0.275. The van der Waals surface area contributed by atoms with E-state index in [1.165, 1.54) is 5.01 Å². The topological polar surface area (TPSA) is 58.4 Å². The van der Waals surface area contributed by atoms with Gasteiger partial charge in [0, 0.05) is 16.6 Å². The maximum absolute atomic E-state index is 11.9. The van der Waals surface area contributed by atoms with Gasteiger partial charge in [-0.3, -0.25) is 15.2 Å². The van der Waals surface area contributed by atoms with Crippen molar-refractivity contribution >= 4 is 34.8 Å². The SMILES string of the molecule is CC(C)N(NC(=O)c1ccc(Cl)cc1)C(N)=S. The number of amides is 1. The second kappa shape index (κ2) is 5.84. The lowest BCUT2D eigenvalue weighted by Gasteiger charge is -2.27. The van der Waals surface area contributed by atoms with Crippen LogP contribution in [0.2, 0.25) is 5.02 Å². The maximum Gasteiger partial charge on any atom is 0.269 e. The van der Waals surface area contributed by atoms with Gasteiger partial charge in [-0.1, -0.05) is 11.6 Å². The Morgan fingerprint density at radius 3 is 2.35 bits per heavy atom. The maximum atomic E-state index is 11.9. The Hall–Kier alpha value is -1.33. The molecule has 0 spiro atoms. The first-order valence-corrected chi connectivity index (χ1v) is 5.85. The van der Waals surface area contributed by atoms with Gasteiger partial charge < -0.3 is 5.73 Å². The molecule has 0 heterocycles. The Balaban J connectivity index is 2.77. The van der Waals surface area contributed by atoms with E-state index in [0.29, 0.717) is 10.6 Å². The average molecular weight is 272 g/mol. The van der Waals surface area contributed by atoms with Crippen LogP contribution in [0.25, 0.3) is 0 Å². The third-order valence-corrected chi connectivity index (χ3v) is 2.53. The van der Waals surface area contributed by atoms with E-state index in [-0.39, 0.29) is 17.1 Å². The van der Waals surface area contributed by atoms with Crippen molar-refractivity contribution in [1.82, 2.24) is 10.4 Å². The predicted octanol–water partition coefficient (Wildman–Crippen LogP) is 1.94. The third kappa shape index (κ3) is 3.87. The summed E-state index contributed by atoms with van der Waals surface area (Å²) in [5.41, 5.74) is 8.64. The van der Waals surface area contributed by atoms with Gasteiger partial charge in [0.1, 0.15) is 0 Å². The zero-order valence-electron chi connectivity index (χ0n) is 9.61. The molecule has 4 nitrogen and oxygen atoms in total. The Kier molecular flexibility index (Phi) is 4.72. The molecule has 6 heteroatoms. The van der Waals surface area contributed by atoms with Crippen LogP contribution in [0.4, 0.5) is 0 Å². The smallest absolute Gasteiger partial charge is 0.269 e. The van der Waals surface area contributed by atoms with E-state index in [4.69, 9.17) is 29.6 Å². The third-order valence-electron chi connectivity index (χ3n) is 2.08. The minimum Gasteiger partial charge on any atom is -0.375 e. The highest BCUT2D eigenvalue weighted by atomic mass is 35.5. The van der Waals surface area contributed by atoms with Crippen molar-refractivity contribution in [3.63, 3.8) is 0 Å². The fourth-order valence-electron chi connectivity index (χ4n) is 1.21. The van der Waals surface area contributed by atoms with Crippen LogP contribution in [-0.4, -0.2) is 22.1 Å². The predicted molar refractivity (Wildman–Crippen MR) is 72.7 cm³/mol. The standard InChI is InChI=1S/C11H14ClN3OS/c1-7(2)15(11(13)17)14-10(16)8-3-5-9(12)6-4-8/h3-7H,1-2H3,(H2,13,17)(H,14,16). The number of thiocarbonyl (C=S) groups is 1. The molecular formula is C11H14ClN3OS. The number of nitrogens with one attached hydrogen (secondary N) is 1. The number of carbonyl (C=O) groups excluding carboxylic acids is 1. The van der Waals surface area contributed by atoms with Crippen LogP contribution in [-0.2, 0) is 0 Å². The summed E-state index contributed by atoms with van der Waals surface area (Å²) in [6, 6.07) is 6.56. The van der Waals surface area contributed by atoms with E-state index >= 15 is 0 Å². The van der Waals surface area contributed by atoms with E-state index in [1.54, 1.807) is 24.3 Å². The van der Waals surface area contributed by atoms with Crippen LogP contribution in [0.15, 0.2) is 24.3 Å². The summed E-state index contributed by atoms with van der Waals surface area (Å²) in [4.78, 5) is 11.9. The average Bonchev–Trinajstić information content (AvgIpc) is 2.25. The summed E-state index contributed by atoms with van der Waals surface area (Å²) >= 11 is 10.6. The molecule has 17 heavy (non-hydrogen) atoms. The first-order valence-electron chi connectivity index (χ1n) is 5.07. The lowest BCUT2D eigenvalue weighted by molar-refractivity contribution is 0.0847. The Labute approximate surface area is 111 Å². The Morgan fingerprint density at radius 2 is 1.94 bits per heavy atom. The summed E-state index contributed by atoms with van der Waals surface area (Å²) in [6.45, 7) is 3.75. The van der Waals surface area contributed by atoms with Crippen LogP contribution in [0, 0.1) is 0 Å². The molecule has 0 saturated carbocycles. The van der Waals surface area contributed by atoms with Crippen LogP contribution < -0.4 is 11.2 Å². The fourth-order valence-corrected chi connectivity index (χ4v) is 1.60. The molecular weight excluding hydrogens is 258 g/mol. The summed E-state index contributed by atoms with van der Waals surface area (Å²) in [7, 11) is 0. The number of nitrogens with two attached hydrogens (primary N) is 1. The first kappa shape index (κ1) is 13.7. The zero-order valence-corrected chi connectivity index (χ0v) is 11.2. The Bertz CT molecular complexity index is 419. The number of hydrazine groups is 1. The van der Waals surface area contributed by atoms with Gasteiger partial charge in [-0.05, 0) is 50.3 Å². The van der Waals surface area contributed by atoms with Gasteiger partial charge in [0.15, 0.2) is 5.11 Å². The van der Waals surface area contributed by atoms with Gasteiger partial charge in [-0.2, -0.15) is 0 Å². The summed E-state index contributed by atoms with van der Waals surface area (Å²) in [5, 5.41) is 2.14. The molecule has 0 aliphatic rings. The van der Waals surface area contributed by atoms with Crippen molar-refractivity contribution in [1.29, 1.82) is 0 Å². The lowest BCUT2D eigenvalue weighted by atomic mass is 10.2. The second-order valence-corrected chi connectivity index (χ2v) is 4.60. The second-order valence-electron chi connectivity index (χ2n) is 3.75. The number of hydrogen-bond donors (Lipinski definition) is 2. The highest BCUT2D eigenvalue weighted by molar-refractivity contribution is 7.80. The Morgan fingerprint density at radius 1 is 1.41 bits per heavy atom. The van der Waals surface area contributed by atoms with Crippen molar-refractivity contribution in [2.24, 2.45) is 5.73 Å². The highest BCUT2D eigenvalue weighted by Crippen LogP contribution is 2.09. The van der Waals surface area contributed by atoms with Crippen LogP contribution in [0.5, 0.6) is 0 Å². The molecule has 1 aromatic rings. The fraction of sp³-hybridized carbons (Fsp3) is 0.273. The molecule has 0 unspecified atom stereocenters. The zero-order chi connectivity index (χ0) is 13.0. The van der Waals surface area contributed by atoms with Crippen LogP contribution in [0.1, 0.15) is 24.2 Å². The van der Waals surface area contributed by atoms with Gasteiger partial charge in [0.2, 0.25) is 0 Å². The molecule has 0 radical (unpaired) electrons. The summed E-state index contributed by atoms with van der Waals surface area (Å²) in [6.07, 6.45) is 0. The van der Waals surface area contributed by atoms with Gasteiger partial charge in [-0.25, -0.2) is 0 Å². The molecule has 0 fully saturated rings. The van der Waals surface area contributed by atoms with Gasteiger partial charge in [0.25, 0.3) is 5.91 Å². The molecule has 1 rings (SSSR count). The van der Waals surface area contributed by atoms with Crippen molar-refractivity contribution in [2.75, 3.05) is 0 Å². The van der Waals surface area contributed by atoms with E-state index in [0.717, 1.165) is 0 Å². The molecule has 3 N–H and O–H groups in total. The number of halogens is 1. The molecule has 1 aromatic carbocycles. The number of hydrogen-bond acceptors (Lipinski definition) is 2. The van der Waals surface area contributed by atoms with Crippen LogP contribution in [0.3, 0.4) is 0 Å². The minimum atomic E-state index is -0.275. The number of benzene rings is 1. The molecule has 0 saturated heterocycles. The van der Waals surface area contributed by atoms with E-state index < -0.39 is 0 Å². The number of rotatable bonds is 2. The van der Waals surface area contributed by atoms with Crippen LogP contribution >= 0.6 is 23.8 Å². The number of nitrogens with zero attached hydrogens (tertiary/aromatic N) is 1. The quantitative estimate of drug-likeness (QED) is 0.638.